The van der Waals surface area contributed by atoms with Gasteiger partial charge < -0.3 is 25.0 Å². The second kappa shape index (κ2) is 10.4. The number of hydrogen-bond acceptors (Lipinski definition) is 8. The van der Waals surface area contributed by atoms with E-state index >= 15 is 0 Å². The molecule has 4 rings (SSSR count). The predicted octanol–water partition coefficient (Wildman–Crippen LogP) is 3.68. The van der Waals surface area contributed by atoms with Gasteiger partial charge in [-0.05, 0) is 51.8 Å². The Hall–Kier alpha value is -2.78. The summed E-state index contributed by atoms with van der Waals surface area (Å²) in [6.07, 6.45) is 6.31. The van der Waals surface area contributed by atoms with E-state index < -0.39 is 5.79 Å². The summed E-state index contributed by atoms with van der Waals surface area (Å²) in [5.41, 5.74) is 9.38. The third-order valence-electron chi connectivity index (χ3n) is 6.16. The Labute approximate surface area is 196 Å². The summed E-state index contributed by atoms with van der Waals surface area (Å²) in [5, 5.41) is 14.0. The average molecular weight is 456 g/mol. The molecule has 2 aliphatic heterocycles. The first-order valence-electron chi connectivity index (χ1n) is 12.0. The van der Waals surface area contributed by atoms with Gasteiger partial charge in [-0.15, -0.1) is 0 Å². The third-order valence-corrected chi connectivity index (χ3v) is 6.16. The molecule has 3 heterocycles. The molecule has 1 atom stereocenters. The van der Waals surface area contributed by atoms with Crippen LogP contribution in [0.1, 0.15) is 56.7 Å². The van der Waals surface area contributed by atoms with E-state index in [4.69, 9.17) is 20.2 Å². The van der Waals surface area contributed by atoms with Crippen LogP contribution in [0.25, 0.3) is 0 Å². The smallest absolute Gasteiger partial charge is 0.184 e. The zero-order valence-electron chi connectivity index (χ0n) is 20.0. The average Bonchev–Trinajstić information content (AvgIpc) is 3.46. The van der Waals surface area contributed by atoms with Crippen molar-refractivity contribution in [2.24, 2.45) is 10.7 Å². The van der Waals surface area contributed by atoms with Crippen LogP contribution in [0.4, 0.5) is 11.5 Å². The molecule has 9 nitrogen and oxygen atoms in total. The van der Waals surface area contributed by atoms with Gasteiger partial charge >= 0.3 is 0 Å². The Morgan fingerprint density at radius 1 is 1.18 bits per heavy atom. The number of nitrogens with zero attached hydrogens (tertiary/aromatic N) is 3. The van der Waals surface area contributed by atoms with Gasteiger partial charge in [0.05, 0.1) is 19.4 Å². The Balaban J connectivity index is 1.55. The molecule has 5 N–H and O–H groups in total. The molecule has 0 radical (unpaired) electrons. The molecule has 0 bridgehead atoms. The van der Waals surface area contributed by atoms with Gasteiger partial charge in [-0.3, -0.25) is 10.8 Å². The minimum absolute atomic E-state index is 0.640. The van der Waals surface area contributed by atoms with Gasteiger partial charge in [0.2, 0.25) is 0 Å². The van der Waals surface area contributed by atoms with E-state index in [0.29, 0.717) is 36.2 Å². The van der Waals surface area contributed by atoms with Gasteiger partial charge in [0.1, 0.15) is 5.84 Å². The highest BCUT2D eigenvalue weighted by molar-refractivity contribution is 6.13. The fourth-order valence-electron chi connectivity index (χ4n) is 4.39. The lowest BCUT2D eigenvalue weighted by Gasteiger charge is -2.34. The van der Waals surface area contributed by atoms with E-state index in [2.05, 4.69) is 32.7 Å². The van der Waals surface area contributed by atoms with Crippen molar-refractivity contribution < 1.29 is 9.47 Å². The number of H-pyrrole nitrogens is 1. The molecule has 1 unspecified atom stereocenters. The van der Waals surface area contributed by atoms with Crippen LogP contribution < -0.4 is 25.8 Å². The molecule has 1 saturated heterocycles. The number of nitrogens with two attached hydrogens (primary N) is 1. The number of hydrogen-bond donors (Lipinski definition) is 4. The SMILES string of the molecule is CCCCC1(N)N=C(Nc2cc(C)[nH]n2)c2cc(OC)c(OCCCN3CCCC3)cc2N1. The number of aryl methyl sites for hydroxylation is 1. The van der Waals surface area contributed by atoms with Crippen LogP contribution in [-0.4, -0.2) is 60.1 Å². The van der Waals surface area contributed by atoms with Crippen LogP contribution in [-0.2, 0) is 0 Å². The van der Waals surface area contributed by atoms with Crippen molar-refractivity contribution in [2.45, 2.75) is 58.2 Å². The Morgan fingerprint density at radius 2 is 2.00 bits per heavy atom. The number of methoxy groups -OCH3 is 1. The maximum Gasteiger partial charge on any atom is 0.184 e. The molecule has 0 aliphatic carbocycles. The first kappa shape index (κ1) is 23.4. The van der Waals surface area contributed by atoms with E-state index in [0.717, 1.165) is 42.8 Å². The number of aromatic nitrogens is 2. The number of benzene rings is 1. The molecule has 2 aromatic rings. The van der Waals surface area contributed by atoms with Crippen molar-refractivity contribution in [3.63, 3.8) is 0 Å². The number of rotatable bonds is 10. The topological polar surface area (TPSA) is 113 Å². The Kier molecular flexibility index (Phi) is 7.39. The number of aliphatic imine (C=N–C) groups is 1. The molecule has 0 saturated carbocycles. The molecule has 0 spiro atoms. The van der Waals surface area contributed by atoms with E-state index in [1.807, 2.05) is 25.1 Å². The van der Waals surface area contributed by atoms with Crippen LogP contribution in [0.15, 0.2) is 23.2 Å². The molecule has 1 aromatic heterocycles. The number of amidine groups is 1. The molecule has 180 valence electrons. The summed E-state index contributed by atoms with van der Waals surface area (Å²) in [6.45, 7) is 8.22. The maximum atomic E-state index is 6.68. The van der Waals surface area contributed by atoms with E-state index in [9.17, 15) is 0 Å². The van der Waals surface area contributed by atoms with E-state index in [1.165, 1.54) is 25.9 Å². The number of nitrogens with one attached hydrogen (secondary N) is 3. The second-order valence-corrected chi connectivity index (χ2v) is 8.97. The highest BCUT2D eigenvalue weighted by atomic mass is 16.5. The number of fused-ring (bicyclic) bond motifs is 1. The predicted molar refractivity (Wildman–Crippen MR) is 132 cm³/mol. The van der Waals surface area contributed by atoms with Gasteiger partial charge in [0, 0.05) is 36.4 Å². The zero-order chi connectivity index (χ0) is 23.3. The van der Waals surface area contributed by atoms with Crippen LogP contribution in [0, 0.1) is 6.92 Å². The minimum atomic E-state index is -0.904. The minimum Gasteiger partial charge on any atom is -0.493 e. The van der Waals surface area contributed by atoms with Crippen LogP contribution >= 0.6 is 0 Å². The lowest BCUT2D eigenvalue weighted by Crippen LogP contribution is -2.50. The summed E-state index contributed by atoms with van der Waals surface area (Å²) >= 11 is 0. The highest BCUT2D eigenvalue weighted by Crippen LogP contribution is 2.38. The van der Waals surface area contributed by atoms with Crippen LogP contribution in [0.2, 0.25) is 0 Å². The van der Waals surface area contributed by atoms with Gasteiger partial charge in [0.25, 0.3) is 0 Å². The van der Waals surface area contributed by atoms with Gasteiger partial charge in [-0.2, -0.15) is 5.10 Å². The standard InChI is InChI=1S/C24H37N7O2/c1-4-5-9-24(25)27-19-16-21(33-13-8-12-31-10-6-7-11-31)20(32-3)15-18(19)23(28-24)26-22-14-17(2)29-30-22/h14-16,27H,4-13,25H2,1-3H3,(H2,26,28,29,30). The van der Waals surface area contributed by atoms with Gasteiger partial charge in [-0.25, -0.2) is 4.99 Å². The normalized spacial score (nSPS) is 20.2. The molecule has 0 amide bonds. The van der Waals surface area contributed by atoms with Crippen molar-refractivity contribution in [1.82, 2.24) is 15.1 Å². The molecule has 1 fully saturated rings. The number of likely N-dealkylation sites (tertiary alicyclic amines) is 1. The number of anilines is 2. The van der Waals surface area contributed by atoms with Crippen LogP contribution in [0.3, 0.4) is 0 Å². The number of ether oxygens (including phenoxy) is 2. The van der Waals surface area contributed by atoms with Crippen molar-refractivity contribution in [3.05, 3.63) is 29.5 Å². The van der Waals surface area contributed by atoms with Crippen molar-refractivity contribution in [2.75, 3.05) is 44.0 Å². The summed E-state index contributed by atoms with van der Waals surface area (Å²) in [7, 11) is 1.66. The van der Waals surface area contributed by atoms with Gasteiger partial charge in [0.15, 0.2) is 23.1 Å². The summed E-state index contributed by atoms with van der Waals surface area (Å²) in [5.74, 6) is 1.83. The summed E-state index contributed by atoms with van der Waals surface area (Å²) in [6, 6.07) is 5.86. The fraction of sp³-hybridized carbons (Fsp3) is 0.583. The third kappa shape index (κ3) is 5.78. The van der Waals surface area contributed by atoms with Crippen molar-refractivity contribution in [3.8, 4) is 11.5 Å². The number of aromatic amines is 1. The first-order valence-corrected chi connectivity index (χ1v) is 12.0. The van der Waals surface area contributed by atoms with E-state index in [1.54, 1.807) is 7.11 Å². The van der Waals surface area contributed by atoms with Crippen molar-refractivity contribution in [1.29, 1.82) is 0 Å². The summed E-state index contributed by atoms with van der Waals surface area (Å²) < 4.78 is 11.8. The first-order chi connectivity index (χ1) is 16.0. The lowest BCUT2D eigenvalue weighted by atomic mass is 10.0. The molecule has 9 heteroatoms. The molecular formula is C24H37N7O2. The molecular weight excluding hydrogens is 418 g/mol. The van der Waals surface area contributed by atoms with E-state index in [-0.39, 0.29) is 0 Å². The van der Waals surface area contributed by atoms with Crippen LogP contribution in [0.5, 0.6) is 11.5 Å². The highest BCUT2D eigenvalue weighted by Gasteiger charge is 2.32. The second-order valence-electron chi connectivity index (χ2n) is 8.97. The monoisotopic (exact) mass is 455 g/mol. The molecule has 1 aromatic carbocycles. The zero-order valence-corrected chi connectivity index (χ0v) is 20.0. The quantitative estimate of drug-likeness (QED) is 0.404. The largest absolute Gasteiger partial charge is 0.493 e. The maximum absolute atomic E-state index is 6.68. The number of unbranched alkanes of at least 4 members (excludes halogenated alkanes) is 1. The fourth-order valence-corrected chi connectivity index (χ4v) is 4.39. The van der Waals surface area contributed by atoms with Gasteiger partial charge in [-0.1, -0.05) is 13.3 Å². The molecule has 2 aliphatic rings. The lowest BCUT2D eigenvalue weighted by molar-refractivity contribution is 0.254. The summed E-state index contributed by atoms with van der Waals surface area (Å²) in [4.78, 5) is 7.33. The Morgan fingerprint density at radius 3 is 2.70 bits per heavy atom. The molecule has 33 heavy (non-hydrogen) atoms. The Bertz CT molecular complexity index is 968. The van der Waals surface area contributed by atoms with Crippen molar-refractivity contribution >= 4 is 17.3 Å².